The molecule has 2 heterocycles. The van der Waals surface area contributed by atoms with Crippen LogP contribution in [0.3, 0.4) is 0 Å². The van der Waals surface area contributed by atoms with E-state index in [1.807, 2.05) is 12.1 Å². The molecule has 0 atom stereocenters. The van der Waals surface area contributed by atoms with Gasteiger partial charge in [0.1, 0.15) is 11.6 Å². The molecule has 0 amide bonds. The van der Waals surface area contributed by atoms with E-state index in [0.717, 1.165) is 5.69 Å². The summed E-state index contributed by atoms with van der Waals surface area (Å²) in [5, 5.41) is 4.23. The van der Waals surface area contributed by atoms with Crippen molar-refractivity contribution in [1.29, 1.82) is 0 Å². The number of methoxy groups -OCH3 is 1. The van der Waals surface area contributed by atoms with Gasteiger partial charge in [-0.15, -0.1) is 0 Å². The third kappa shape index (κ3) is 2.25. The summed E-state index contributed by atoms with van der Waals surface area (Å²) in [5.41, 5.74) is 2.02. The minimum absolute atomic E-state index is 0.338. The van der Waals surface area contributed by atoms with Crippen LogP contribution in [0, 0.1) is 5.82 Å². The van der Waals surface area contributed by atoms with E-state index >= 15 is 0 Å². The van der Waals surface area contributed by atoms with Crippen molar-refractivity contribution in [2.75, 3.05) is 7.11 Å². The van der Waals surface area contributed by atoms with Gasteiger partial charge in [-0.2, -0.15) is 5.10 Å². The number of halogens is 1. The number of aromatic nitrogens is 3. The van der Waals surface area contributed by atoms with Gasteiger partial charge in [0.15, 0.2) is 0 Å². The number of rotatable bonds is 3. The second-order valence-corrected chi connectivity index (χ2v) is 4.23. The molecule has 0 saturated carbocycles. The molecule has 5 heteroatoms. The molecule has 1 aromatic carbocycles. The van der Waals surface area contributed by atoms with Gasteiger partial charge in [0.05, 0.1) is 25.2 Å². The summed E-state index contributed by atoms with van der Waals surface area (Å²) in [5.74, 6) is 0.154. The second kappa shape index (κ2) is 5.13. The van der Waals surface area contributed by atoms with Gasteiger partial charge in [-0.25, -0.2) is 9.07 Å². The molecule has 2 aromatic heterocycles. The molecule has 0 fully saturated rings. The van der Waals surface area contributed by atoms with Crippen LogP contribution in [-0.4, -0.2) is 21.9 Å². The lowest BCUT2D eigenvalue weighted by atomic mass is 10.1. The van der Waals surface area contributed by atoms with Crippen molar-refractivity contribution < 1.29 is 9.13 Å². The first kappa shape index (κ1) is 12.3. The van der Waals surface area contributed by atoms with Crippen molar-refractivity contribution in [3.63, 3.8) is 0 Å². The number of pyridine rings is 1. The maximum absolute atomic E-state index is 14.0. The molecule has 0 radical (unpaired) electrons. The molecule has 3 rings (SSSR count). The minimum Gasteiger partial charge on any atom is -0.497 e. The van der Waals surface area contributed by atoms with Crippen LogP contribution >= 0.6 is 0 Å². The maximum atomic E-state index is 14.0. The van der Waals surface area contributed by atoms with E-state index < -0.39 is 0 Å². The number of benzene rings is 1. The summed E-state index contributed by atoms with van der Waals surface area (Å²) in [6.07, 6.45) is 6.78. The second-order valence-electron chi connectivity index (χ2n) is 4.23. The van der Waals surface area contributed by atoms with Gasteiger partial charge in [0.2, 0.25) is 0 Å². The van der Waals surface area contributed by atoms with Gasteiger partial charge in [-0.3, -0.25) is 4.98 Å². The van der Waals surface area contributed by atoms with E-state index in [0.29, 0.717) is 16.9 Å². The Bertz CT molecular complexity index is 725. The maximum Gasteiger partial charge on any atom is 0.134 e. The van der Waals surface area contributed by atoms with Crippen LogP contribution in [0.5, 0.6) is 5.75 Å². The van der Waals surface area contributed by atoms with Crippen molar-refractivity contribution in [2.24, 2.45) is 0 Å². The van der Waals surface area contributed by atoms with Gasteiger partial charge in [-0.1, -0.05) is 0 Å². The Kier molecular flexibility index (Phi) is 3.16. The molecule has 0 spiro atoms. The Morgan fingerprint density at radius 1 is 1.20 bits per heavy atom. The summed E-state index contributed by atoms with van der Waals surface area (Å²) in [4.78, 5) is 4.03. The van der Waals surface area contributed by atoms with E-state index in [1.165, 1.54) is 13.2 Å². The number of nitrogens with zero attached hydrogens (tertiary/aromatic N) is 3. The summed E-state index contributed by atoms with van der Waals surface area (Å²) in [6, 6.07) is 8.47. The van der Waals surface area contributed by atoms with Crippen LogP contribution in [-0.2, 0) is 0 Å². The molecule has 0 aliphatic heterocycles. The number of ether oxygens (including phenoxy) is 1. The lowest BCUT2D eigenvalue weighted by Crippen LogP contribution is -1.93. The largest absolute Gasteiger partial charge is 0.497 e. The molecule has 20 heavy (non-hydrogen) atoms. The predicted molar refractivity (Wildman–Crippen MR) is 73.3 cm³/mol. The van der Waals surface area contributed by atoms with Crippen LogP contribution in [0.2, 0.25) is 0 Å². The molecule has 4 nitrogen and oxygen atoms in total. The topological polar surface area (TPSA) is 39.9 Å². The molecule has 0 N–H and O–H groups in total. The van der Waals surface area contributed by atoms with E-state index in [4.69, 9.17) is 4.74 Å². The SMILES string of the molecule is COc1ccc(-c2cnn(-c3cccnc3)c2)c(F)c1. The first-order chi connectivity index (χ1) is 9.78. The molecule has 100 valence electrons. The van der Waals surface area contributed by atoms with Crippen LogP contribution in [0.1, 0.15) is 0 Å². The smallest absolute Gasteiger partial charge is 0.134 e. The first-order valence-electron chi connectivity index (χ1n) is 6.07. The zero-order valence-electron chi connectivity index (χ0n) is 10.8. The predicted octanol–water partition coefficient (Wildman–Crippen LogP) is 3.08. The average molecular weight is 269 g/mol. The summed E-state index contributed by atoms with van der Waals surface area (Å²) in [6.45, 7) is 0. The van der Waals surface area contributed by atoms with Crippen LogP contribution in [0.25, 0.3) is 16.8 Å². The lowest BCUT2D eigenvalue weighted by Gasteiger charge is -2.03. The van der Waals surface area contributed by atoms with Crippen molar-refractivity contribution in [3.8, 4) is 22.6 Å². The first-order valence-corrected chi connectivity index (χ1v) is 6.07. The summed E-state index contributed by atoms with van der Waals surface area (Å²) < 4.78 is 20.7. The van der Waals surface area contributed by atoms with Gasteiger partial charge in [-0.05, 0) is 24.3 Å². The van der Waals surface area contributed by atoms with Crippen molar-refractivity contribution in [1.82, 2.24) is 14.8 Å². The van der Waals surface area contributed by atoms with Crippen molar-refractivity contribution >= 4 is 0 Å². The van der Waals surface area contributed by atoms with Crippen molar-refractivity contribution in [3.05, 3.63) is 60.9 Å². The van der Waals surface area contributed by atoms with E-state index in [-0.39, 0.29) is 5.82 Å². The summed E-state index contributed by atoms with van der Waals surface area (Å²) >= 11 is 0. The molecule has 0 aliphatic rings. The monoisotopic (exact) mass is 269 g/mol. The van der Waals surface area contributed by atoms with Crippen LogP contribution in [0.4, 0.5) is 4.39 Å². The zero-order valence-corrected chi connectivity index (χ0v) is 10.8. The highest BCUT2D eigenvalue weighted by Gasteiger charge is 2.09. The van der Waals surface area contributed by atoms with Crippen molar-refractivity contribution in [2.45, 2.75) is 0 Å². The van der Waals surface area contributed by atoms with Gasteiger partial charge in [0.25, 0.3) is 0 Å². The minimum atomic E-state index is -0.338. The lowest BCUT2D eigenvalue weighted by molar-refractivity contribution is 0.411. The zero-order chi connectivity index (χ0) is 13.9. The highest BCUT2D eigenvalue weighted by molar-refractivity contribution is 5.64. The van der Waals surface area contributed by atoms with E-state index in [2.05, 4.69) is 10.1 Å². The van der Waals surface area contributed by atoms with Crippen LogP contribution < -0.4 is 4.74 Å². The third-order valence-electron chi connectivity index (χ3n) is 2.98. The third-order valence-corrected chi connectivity index (χ3v) is 2.98. The molecule has 0 aliphatic carbocycles. The molecule has 3 aromatic rings. The Balaban J connectivity index is 1.98. The molecule has 0 bridgehead atoms. The Labute approximate surface area is 115 Å². The van der Waals surface area contributed by atoms with Gasteiger partial charge in [0, 0.05) is 29.6 Å². The van der Waals surface area contributed by atoms with Gasteiger partial charge >= 0.3 is 0 Å². The van der Waals surface area contributed by atoms with Crippen LogP contribution in [0.15, 0.2) is 55.1 Å². The highest BCUT2D eigenvalue weighted by atomic mass is 19.1. The normalized spacial score (nSPS) is 10.5. The Hall–Kier alpha value is -2.69. The molecular formula is C15H12FN3O. The number of hydrogen-bond donors (Lipinski definition) is 0. The quantitative estimate of drug-likeness (QED) is 0.733. The van der Waals surface area contributed by atoms with Gasteiger partial charge < -0.3 is 4.74 Å². The standard InChI is InChI=1S/C15H12FN3O/c1-20-13-4-5-14(15(16)7-13)11-8-18-19(10-11)12-3-2-6-17-9-12/h2-10H,1H3. The fourth-order valence-electron chi connectivity index (χ4n) is 1.95. The average Bonchev–Trinajstić information content (AvgIpc) is 2.97. The highest BCUT2D eigenvalue weighted by Crippen LogP contribution is 2.26. The van der Waals surface area contributed by atoms with E-state index in [9.17, 15) is 4.39 Å². The molecular weight excluding hydrogens is 257 g/mol. The Morgan fingerprint density at radius 3 is 2.80 bits per heavy atom. The molecule has 0 unspecified atom stereocenters. The fraction of sp³-hybridized carbons (Fsp3) is 0.0667. The molecule has 0 saturated heterocycles. The van der Waals surface area contributed by atoms with E-state index in [1.54, 1.807) is 41.6 Å². The fourth-order valence-corrected chi connectivity index (χ4v) is 1.95. The summed E-state index contributed by atoms with van der Waals surface area (Å²) in [7, 11) is 1.51. The number of hydrogen-bond acceptors (Lipinski definition) is 3. The Morgan fingerprint density at radius 2 is 2.10 bits per heavy atom.